The average Bonchev–Trinajstić information content (AvgIpc) is 3.67. The number of halogens is 4. The van der Waals surface area contributed by atoms with Gasteiger partial charge in [-0.3, -0.25) is 19.4 Å². The van der Waals surface area contributed by atoms with Crippen LogP contribution < -0.4 is 18.5 Å². The summed E-state index contributed by atoms with van der Waals surface area (Å²) in [6.45, 7) is 6.96. The van der Waals surface area contributed by atoms with Gasteiger partial charge in [0.2, 0.25) is 5.91 Å². The Morgan fingerprint density at radius 3 is 2.22 bits per heavy atom. The molecular weight excluding hydrogens is 835 g/mol. The van der Waals surface area contributed by atoms with Crippen molar-refractivity contribution in [2.75, 3.05) is 65.3 Å². The smallest absolute Gasteiger partial charge is 0.497 e. The molecule has 1 unspecified atom stereocenters. The van der Waals surface area contributed by atoms with Gasteiger partial charge >= 0.3 is 12.5 Å². The Bertz CT molecular complexity index is 2270. The second-order valence-electron chi connectivity index (χ2n) is 15.9. The van der Waals surface area contributed by atoms with Crippen LogP contribution in [0.25, 0.3) is 0 Å². The molecular formula is C40H47ClF3N5O10S. The van der Waals surface area contributed by atoms with E-state index in [2.05, 4.69) is 9.64 Å². The van der Waals surface area contributed by atoms with Crippen LogP contribution >= 0.6 is 11.6 Å². The number of benzene rings is 3. The molecule has 0 spiro atoms. The number of aliphatic hydroxyl groups excluding tert-OH is 1. The minimum absolute atomic E-state index is 0.0394. The normalized spacial score (nSPS) is 21.5. The number of β-amino-alcohol motifs (C(OH)–C–C–N with tert-alkyl or cyclic N) is 1. The number of carbonyl (C=O) groups is 3. The molecule has 1 N–H and O–H groups in total. The number of hydrogen-bond donors (Lipinski definition) is 1. The van der Waals surface area contributed by atoms with E-state index in [-0.39, 0.29) is 46.3 Å². The highest BCUT2D eigenvalue weighted by Gasteiger charge is 2.64. The first kappa shape index (κ1) is 44.7. The fourth-order valence-electron chi connectivity index (χ4n) is 7.94. The van der Waals surface area contributed by atoms with E-state index >= 15 is 4.79 Å². The summed E-state index contributed by atoms with van der Waals surface area (Å²) in [5.74, 6) is -2.95. The molecule has 326 valence electrons. The second-order valence-corrected chi connectivity index (χ2v) is 18.1. The number of aliphatic hydroxyl groups is 1. The predicted octanol–water partition coefficient (Wildman–Crippen LogP) is 4.81. The first-order chi connectivity index (χ1) is 28.0. The van der Waals surface area contributed by atoms with Crippen LogP contribution in [0.2, 0.25) is 5.02 Å². The van der Waals surface area contributed by atoms with Crippen LogP contribution in [-0.2, 0) is 36.4 Å². The largest absolute Gasteiger partial charge is 0.573 e. The van der Waals surface area contributed by atoms with Crippen LogP contribution in [0.5, 0.6) is 17.2 Å². The molecule has 0 radical (unpaired) electrons. The molecule has 3 aromatic rings. The predicted molar refractivity (Wildman–Crippen MR) is 212 cm³/mol. The van der Waals surface area contributed by atoms with Crippen molar-refractivity contribution in [3.05, 3.63) is 76.3 Å². The number of alkyl halides is 3. The molecule has 0 saturated carbocycles. The van der Waals surface area contributed by atoms with Gasteiger partial charge in [0.1, 0.15) is 22.0 Å². The van der Waals surface area contributed by atoms with Gasteiger partial charge in [-0.15, -0.1) is 13.2 Å². The summed E-state index contributed by atoms with van der Waals surface area (Å²) in [5, 5.41) is 11.3. The van der Waals surface area contributed by atoms with E-state index in [1.54, 1.807) is 43.9 Å². The number of ether oxygens (including phenoxy) is 4. The SMILES string of the molecule is COc1ccc(S(=O)(=O)N2C(=O)C(c3cc(CN4CCN(C(=O)OC(C)(C)C)CC4)ccc3OC)(N3C[C@H](O)C[C@H]3C(=O)N(C)C)c3cc(Cl)ccc32)c(OC(F)(F)F)c1. The first-order valence-corrected chi connectivity index (χ1v) is 20.7. The summed E-state index contributed by atoms with van der Waals surface area (Å²) in [7, 11) is 0.182. The Labute approximate surface area is 351 Å². The molecule has 6 rings (SSSR count). The molecule has 2 fully saturated rings. The van der Waals surface area contributed by atoms with Crippen molar-refractivity contribution < 1.29 is 60.0 Å². The van der Waals surface area contributed by atoms with Gasteiger partial charge in [-0.2, -0.15) is 0 Å². The maximum Gasteiger partial charge on any atom is 0.573 e. The second kappa shape index (κ2) is 16.6. The highest BCUT2D eigenvalue weighted by Crippen LogP contribution is 2.55. The van der Waals surface area contributed by atoms with Crippen molar-refractivity contribution >= 4 is 45.2 Å². The first-order valence-electron chi connectivity index (χ1n) is 18.9. The number of amides is 3. The van der Waals surface area contributed by atoms with Gasteiger partial charge in [0.25, 0.3) is 15.9 Å². The molecule has 3 atom stereocenters. The number of fused-ring (bicyclic) bond motifs is 1. The highest BCUT2D eigenvalue weighted by molar-refractivity contribution is 7.93. The molecule has 3 amide bonds. The molecule has 3 aromatic carbocycles. The summed E-state index contributed by atoms with van der Waals surface area (Å²) in [6.07, 6.45) is -7.11. The number of carbonyl (C=O) groups excluding carboxylic acids is 3. The zero-order chi connectivity index (χ0) is 44.1. The molecule has 2 saturated heterocycles. The van der Waals surface area contributed by atoms with Gasteiger partial charge in [0.05, 0.1) is 32.1 Å². The molecule has 0 aliphatic carbocycles. The number of nitrogens with zero attached hydrogens (tertiary/aromatic N) is 5. The fourth-order valence-corrected chi connectivity index (χ4v) is 9.67. The number of rotatable bonds is 10. The minimum Gasteiger partial charge on any atom is -0.497 e. The van der Waals surface area contributed by atoms with Crippen molar-refractivity contribution in [3.8, 4) is 17.2 Å². The topological polar surface area (TPSA) is 159 Å². The quantitative estimate of drug-likeness (QED) is 0.297. The van der Waals surface area contributed by atoms with Gasteiger partial charge in [-0.25, -0.2) is 17.5 Å². The lowest BCUT2D eigenvalue weighted by atomic mass is 9.80. The molecule has 15 nitrogen and oxygen atoms in total. The number of hydrogen-bond acceptors (Lipinski definition) is 12. The monoisotopic (exact) mass is 881 g/mol. The highest BCUT2D eigenvalue weighted by atomic mass is 35.5. The molecule has 3 heterocycles. The number of anilines is 1. The fraction of sp³-hybridized carbons (Fsp3) is 0.475. The molecule has 0 bridgehead atoms. The average molecular weight is 882 g/mol. The maximum absolute atomic E-state index is 15.8. The van der Waals surface area contributed by atoms with E-state index in [0.29, 0.717) is 42.6 Å². The zero-order valence-electron chi connectivity index (χ0n) is 34.1. The van der Waals surface area contributed by atoms with E-state index < -0.39 is 68.2 Å². The van der Waals surface area contributed by atoms with Gasteiger partial charge in [-0.05, 0) is 75.2 Å². The Hall–Kier alpha value is -4.82. The zero-order valence-corrected chi connectivity index (χ0v) is 35.7. The minimum atomic E-state index is -5.34. The van der Waals surface area contributed by atoms with Gasteiger partial charge < -0.3 is 33.9 Å². The van der Waals surface area contributed by atoms with Crippen molar-refractivity contribution in [1.82, 2.24) is 19.6 Å². The number of methoxy groups -OCH3 is 2. The van der Waals surface area contributed by atoms with E-state index in [1.165, 1.54) is 56.3 Å². The van der Waals surface area contributed by atoms with E-state index in [1.807, 2.05) is 0 Å². The van der Waals surface area contributed by atoms with E-state index in [0.717, 1.165) is 18.2 Å². The number of sulfonamides is 1. The van der Waals surface area contributed by atoms with Crippen LogP contribution in [0.15, 0.2) is 59.5 Å². The third-order valence-electron chi connectivity index (χ3n) is 10.5. The Kier molecular flexibility index (Phi) is 12.3. The third-order valence-corrected chi connectivity index (χ3v) is 12.4. The summed E-state index contributed by atoms with van der Waals surface area (Å²) in [4.78, 5) is 47.9. The third kappa shape index (κ3) is 8.54. The Balaban J connectivity index is 1.54. The van der Waals surface area contributed by atoms with Crippen LogP contribution in [0.1, 0.15) is 43.9 Å². The van der Waals surface area contributed by atoms with E-state index in [4.69, 9.17) is 25.8 Å². The Morgan fingerprint density at radius 2 is 1.62 bits per heavy atom. The lowest BCUT2D eigenvalue weighted by Crippen LogP contribution is -2.59. The molecule has 3 aliphatic rings. The maximum atomic E-state index is 15.8. The number of likely N-dealkylation sites (N-methyl/N-ethyl adjacent to an activating group) is 1. The summed E-state index contributed by atoms with van der Waals surface area (Å²) >= 11 is 6.63. The van der Waals surface area contributed by atoms with Crippen molar-refractivity contribution in [1.29, 1.82) is 0 Å². The van der Waals surface area contributed by atoms with Gasteiger partial charge in [0, 0.05) is 75.6 Å². The molecule has 0 aromatic heterocycles. The molecule has 60 heavy (non-hydrogen) atoms. The van der Waals surface area contributed by atoms with Crippen molar-refractivity contribution in [2.24, 2.45) is 0 Å². The summed E-state index contributed by atoms with van der Waals surface area (Å²) in [6, 6.07) is 10.4. The van der Waals surface area contributed by atoms with Gasteiger partial charge in [0.15, 0.2) is 11.3 Å². The van der Waals surface area contributed by atoms with Crippen LogP contribution in [0, 0.1) is 0 Å². The lowest BCUT2D eigenvalue weighted by molar-refractivity contribution is -0.275. The van der Waals surface area contributed by atoms with Gasteiger partial charge in [-0.1, -0.05) is 17.7 Å². The molecule has 3 aliphatic heterocycles. The summed E-state index contributed by atoms with van der Waals surface area (Å²) < 4.78 is 92.3. The lowest BCUT2D eigenvalue weighted by Gasteiger charge is -2.42. The van der Waals surface area contributed by atoms with E-state index in [9.17, 15) is 36.3 Å². The Morgan fingerprint density at radius 1 is 0.933 bits per heavy atom. The molecule has 20 heteroatoms. The van der Waals surface area contributed by atoms with Crippen LogP contribution in [0.4, 0.5) is 23.7 Å². The van der Waals surface area contributed by atoms with Crippen LogP contribution in [0.3, 0.4) is 0 Å². The number of piperazine rings is 1. The van der Waals surface area contributed by atoms with Crippen molar-refractivity contribution in [2.45, 2.75) is 68.3 Å². The standard InChI is InChI=1S/C40H47ClF3N5O10S/c1-38(2,3)59-37(53)47-16-14-46(15-17-47)22-24-8-12-32(57-7)29(18-24)39(48-23-26(50)20-31(48)35(51)45(4)5)28-19-25(41)9-11-30(28)49(36(39)52)60(54,55)34-13-10-27(56-6)21-33(34)58-40(42,43)44/h8-13,18-19,21,26,31,50H,14-17,20,22-23H2,1-7H3/t26-,31+,39?/m1/s1. The van der Waals surface area contributed by atoms with Crippen molar-refractivity contribution in [3.63, 3.8) is 0 Å². The summed E-state index contributed by atoms with van der Waals surface area (Å²) in [5.41, 5.74) is -2.58. The number of likely N-dealkylation sites (tertiary alicyclic amines) is 1. The van der Waals surface area contributed by atoms with Crippen LogP contribution in [-0.4, -0.2) is 136 Å².